The highest BCUT2D eigenvalue weighted by Crippen LogP contribution is 1.86. The second-order valence-corrected chi connectivity index (χ2v) is 1.32. The van der Waals surface area contributed by atoms with Crippen LogP contribution in [0, 0.1) is 0 Å². The molecule has 0 amide bonds. The van der Waals surface area contributed by atoms with Crippen molar-refractivity contribution in [2.24, 2.45) is 5.72 Å². The Kier molecular flexibility index (Phi) is 1.29. The summed E-state index contributed by atoms with van der Waals surface area (Å²) in [5, 5.41) is 16.5. The summed E-state index contributed by atoms with van der Waals surface area (Å²) in [6.07, 6.45) is -1.12. The number of hydrogen-bond donors (Lipinski definition) is 3. The summed E-state index contributed by atoms with van der Waals surface area (Å²) in [7, 11) is 0. The topological polar surface area (TPSA) is 101 Å². The molecular formula is C4H7NO4. The SMILES string of the molecule is [2H]N([2H])[C@@]([2H])(CC(=O)O)C(=O)O. The van der Waals surface area contributed by atoms with Gasteiger partial charge in [0.05, 0.1) is 7.79 Å². The summed E-state index contributed by atoms with van der Waals surface area (Å²) >= 11 is 0. The molecule has 4 N–H and O–H groups in total. The molecule has 0 aromatic carbocycles. The van der Waals surface area contributed by atoms with Gasteiger partial charge in [-0.1, -0.05) is 0 Å². The van der Waals surface area contributed by atoms with Gasteiger partial charge in [-0.15, -0.1) is 0 Å². The Morgan fingerprint density at radius 3 is 2.44 bits per heavy atom. The minimum Gasteiger partial charge on any atom is -0.481 e. The van der Waals surface area contributed by atoms with E-state index in [1.807, 2.05) is 0 Å². The zero-order chi connectivity index (χ0) is 9.94. The highest BCUT2D eigenvalue weighted by Gasteiger charge is 2.14. The molecule has 0 aromatic heterocycles. The number of aliphatic carboxylic acids is 2. The average molecular weight is 136 g/mol. The van der Waals surface area contributed by atoms with Crippen LogP contribution in [-0.2, 0) is 9.59 Å². The molecule has 0 fully saturated rings. The molecule has 5 heteroatoms. The first-order valence-electron chi connectivity index (χ1n) is 3.43. The Bertz CT molecular complexity index is 208. The van der Waals surface area contributed by atoms with Gasteiger partial charge in [0, 0.05) is 0 Å². The molecule has 5 nitrogen and oxygen atoms in total. The Labute approximate surface area is 55.4 Å². The number of carboxylic acids is 2. The molecular weight excluding hydrogens is 126 g/mol. The second kappa shape index (κ2) is 3.03. The molecule has 1 atom stereocenters. The van der Waals surface area contributed by atoms with Gasteiger partial charge in [-0.05, 0) is 0 Å². The van der Waals surface area contributed by atoms with Gasteiger partial charge >= 0.3 is 11.9 Å². The van der Waals surface area contributed by atoms with E-state index in [1.165, 1.54) is 0 Å². The maximum absolute atomic E-state index is 10.3. The molecule has 52 valence electrons. The van der Waals surface area contributed by atoms with E-state index in [-0.39, 0.29) is 0 Å². The zero-order valence-electron chi connectivity index (χ0n) is 7.37. The van der Waals surface area contributed by atoms with Crippen molar-refractivity contribution in [1.82, 2.24) is 0 Å². The first kappa shape index (κ1) is 3.84. The van der Waals surface area contributed by atoms with Crippen molar-refractivity contribution < 1.29 is 24.0 Å². The minimum absolute atomic E-state index is 0.455. The molecule has 0 unspecified atom stereocenters. The summed E-state index contributed by atoms with van der Waals surface area (Å²) in [5.74, 6) is -3.38. The Morgan fingerprint density at radius 1 is 1.78 bits per heavy atom. The lowest BCUT2D eigenvalue weighted by Gasteiger charge is -1.99. The molecule has 0 bridgehead atoms. The summed E-state index contributed by atoms with van der Waals surface area (Å²) in [6, 6.07) is -2.74. The summed E-state index contributed by atoms with van der Waals surface area (Å²) in [4.78, 5) is 20.3. The van der Waals surface area contributed by atoms with E-state index in [1.54, 1.807) is 0 Å². The molecule has 0 aliphatic carbocycles. The van der Waals surface area contributed by atoms with Gasteiger partial charge in [0.1, 0.15) is 8.84 Å². The normalized spacial score (nSPS) is 21.2. The van der Waals surface area contributed by atoms with Gasteiger partial charge in [-0.25, -0.2) is 0 Å². The van der Waals surface area contributed by atoms with Crippen LogP contribution in [0.15, 0.2) is 0 Å². The lowest BCUT2D eigenvalue weighted by molar-refractivity contribution is -0.144. The number of rotatable bonds is 4. The number of nitrogens with two attached hydrogens (primary N) is 1. The fraction of sp³-hybridized carbons (Fsp3) is 0.500. The minimum atomic E-state index is -2.74. The third-order valence-corrected chi connectivity index (χ3v) is 0.566. The predicted molar refractivity (Wildman–Crippen MR) is 27.9 cm³/mol. The van der Waals surface area contributed by atoms with Gasteiger partial charge in [0.15, 0.2) is 0 Å². The second-order valence-electron chi connectivity index (χ2n) is 1.32. The lowest BCUT2D eigenvalue weighted by atomic mass is 10.2. The third kappa shape index (κ3) is 3.48. The van der Waals surface area contributed by atoms with E-state index < -0.39 is 30.1 Å². The van der Waals surface area contributed by atoms with Crippen LogP contribution in [0.3, 0.4) is 0 Å². The molecule has 0 aliphatic heterocycles. The molecule has 0 aromatic rings. The third-order valence-electron chi connectivity index (χ3n) is 0.566. The van der Waals surface area contributed by atoms with Crippen molar-refractivity contribution in [3.63, 3.8) is 0 Å². The van der Waals surface area contributed by atoms with Crippen LogP contribution in [0.5, 0.6) is 0 Å². The van der Waals surface area contributed by atoms with E-state index in [4.69, 9.17) is 14.4 Å². The van der Waals surface area contributed by atoms with Crippen LogP contribution in [-0.4, -0.2) is 28.2 Å². The Hall–Kier alpha value is -1.10. The number of hydrogen-bond acceptors (Lipinski definition) is 3. The molecule has 0 radical (unpaired) electrons. The van der Waals surface area contributed by atoms with Gasteiger partial charge < -0.3 is 15.9 Å². The fourth-order valence-corrected chi connectivity index (χ4v) is 0.219. The van der Waals surface area contributed by atoms with Crippen molar-refractivity contribution in [3.05, 3.63) is 0 Å². The molecule has 0 saturated heterocycles. The van der Waals surface area contributed by atoms with Gasteiger partial charge in [0.2, 0.25) is 0 Å². The van der Waals surface area contributed by atoms with E-state index in [0.717, 1.165) is 0 Å². The van der Waals surface area contributed by atoms with Crippen molar-refractivity contribution in [1.29, 1.82) is 0 Å². The molecule has 0 spiro atoms. The van der Waals surface area contributed by atoms with Crippen molar-refractivity contribution in [2.45, 2.75) is 12.4 Å². The maximum atomic E-state index is 10.3. The van der Waals surface area contributed by atoms with Crippen LogP contribution in [0.1, 0.15) is 7.79 Å². The lowest BCUT2D eigenvalue weighted by Crippen LogP contribution is -2.32. The standard InChI is InChI=1S/C4H7NO4/c5-2(4(8)9)1-3(6)7/h2H,1,5H2,(H,6,7)(H,8,9)/t2-/m0/s1/i2D/hD2. The van der Waals surface area contributed by atoms with Crippen LogP contribution in [0.25, 0.3) is 0 Å². The first-order valence-corrected chi connectivity index (χ1v) is 2.04. The van der Waals surface area contributed by atoms with Crippen LogP contribution in [0.4, 0.5) is 0 Å². The molecule has 0 saturated carbocycles. The fourth-order valence-electron chi connectivity index (χ4n) is 0.219. The molecule has 9 heavy (non-hydrogen) atoms. The number of carboxylic acid groups (broad SMARTS) is 2. The van der Waals surface area contributed by atoms with Gasteiger partial charge in [-0.2, -0.15) is 0 Å². The van der Waals surface area contributed by atoms with Crippen LogP contribution in [0.2, 0.25) is 2.82 Å². The molecule has 0 aliphatic rings. The monoisotopic (exact) mass is 136 g/mol. The molecule has 0 rings (SSSR count). The molecule has 0 heterocycles. The quantitative estimate of drug-likeness (QED) is 0.454. The average Bonchev–Trinajstić information content (AvgIpc) is 1.84. The largest absolute Gasteiger partial charge is 0.481 e. The van der Waals surface area contributed by atoms with E-state index in [2.05, 4.69) is 0 Å². The smallest absolute Gasteiger partial charge is 0.321 e. The van der Waals surface area contributed by atoms with Crippen LogP contribution >= 0.6 is 0 Å². The van der Waals surface area contributed by atoms with Gasteiger partial charge in [0.25, 0.3) is 0 Å². The van der Waals surface area contributed by atoms with Crippen molar-refractivity contribution >= 4 is 11.9 Å². The highest BCUT2D eigenvalue weighted by molar-refractivity contribution is 5.80. The predicted octanol–water partition coefficient (Wildman–Crippen LogP) is -1.13. The Balaban J connectivity index is 4.62. The highest BCUT2D eigenvalue weighted by atomic mass is 16.4. The summed E-state index contributed by atoms with van der Waals surface area (Å²) in [5.41, 5.74) is -0.455. The van der Waals surface area contributed by atoms with E-state index in [0.29, 0.717) is 0 Å². The maximum Gasteiger partial charge on any atom is 0.321 e. The number of carbonyl (C=O) groups is 2. The van der Waals surface area contributed by atoms with Crippen LogP contribution < -0.4 is 5.72 Å². The zero-order valence-corrected chi connectivity index (χ0v) is 4.37. The Morgan fingerprint density at radius 2 is 2.33 bits per heavy atom. The first-order chi connectivity index (χ1) is 5.30. The summed E-state index contributed by atoms with van der Waals surface area (Å²) < 4.78 is 20.0. The van der Waals surface area contributed by atoms with E-state index >= 15 is 0 Å². The summed E-state index contributed by atoms with van der Waals surface area (Å²) in [6.45, 7) is 0. The van der Waals surface area contributed by atoms with Gasteiger partial charge in [-0.3, -0.25) is 9.59 Å². The van der Waals surface area contributed by atoms with Crippen molar-refractivity contribution in [2.75, 3.05) is 0 Å². The van der Waals surface area contributed by atoms with Crippen molar-refractivity contribution in [3.8, 4) is 0 Å². The van der Waals surface area contributed by atoms with E-state index in [9.17, 15) is 9.59 Å².